The van der Waals surface area contributed by atoms with E-state index in [1.54, 1.807) is 23.0 Å². The number of halogens is 1. The highest BCUT2D eigenvalue weighted by molar-refractivity contribution is 5.76. The molecule has 2 rings (SSSR count). The van der Waals surface area contributed by atoms with E-state index in [1.165, 1.54) is 12.1 Å². The summed E-state index contributed by atoms with van der Waals surface area (Å²) in [7, 11) is 0. The van der Waals surface area contributed by atoms with Crippen molar-refractivity contribution in [3.8, 4) is 0 Å². The normalized spacial score (nSPS) is 10.9. The molecule has 0 amide bonds. The Labute approximate surface area is 105 Å². The van der Waals surface area contributed by atoms with Crippen molar-refractivity contribution in [3.63, 3.8) is 0 Å². The van der Waals surface area contributed by atoms with Crippen molar-refractivity contribution in [1.29, 1.82) is 0 Å². The van der Waals surface area contributed by atoms with E-state index in [0.717, 1.165) is 17.5 Å². The molecule has 1 aromatic carbocycles. The molecule has 0 fully saturated rings. The highest BCUT2D eigenvalue weighted by Gasteiger charge is 2.11. The molecule has 18 heavy (non-hydrogen) atoms. The second kappa shape index (κ2) is 5.12. The molecule has 0 aliphatic rings. The van der Waals surface area contributed by atoms with Gasteiger partial charge in [0.25, 0.3) is 0 Å². The Morgan fingerprint density at radius 3 is 2.50 bits per heavy atom. The molecular weight excluding hydrogens is 231 g/mol. The van der Waals surface area contributed by atoms with Gasteiger partial charge in [0.15, 0.2) is 6.29 Å². The standard InChI is InChI=1S/C14H15FN2O/c1-10(2)14-12(9-18)8-17(16-14)7-11-3-5-13(15)6-4-11/h3-6,8-10H,7H2,1-2H3. The Balaban J connectivity index is 2.24. The fourth-order valence-electron chi connectivity index (χ4n) is 1.85. The minimum Gasteiger partial charge on any atom is -0.298 e. The fraction of sp³-hybridized carbons (Fsp3) is 0.286. The lowest BCUT2D eigenvalue weighted by atomic mass is 10.1. The van der Waals surface area contributed by atoms with Crippen molar-refractivity contribution in [2.75, 3.05) is 0 Å². The minimum atomic E-state index is -0.254. The zero-order valence-corrected chi connectivity index (χ0v) is 10.4. The molecule has 94 valence electrons. The van der Waals surface area contributed by atoms with E-state index in [0.29, 0.717) is 12.1 Å². The van der Waals surface area contributed by atoms with Crippen molar-refractivity contribution >= 4 is 6.29 Å². The summed E-state index contributed by atoms with van der Waals surface area (Å²) in [5.41, 5.74) is 2.37. The van der Waals surface area contributed by atoms with Gasteiger partial charge in [-0.05, 0) is 23.6 Å². The number of carbonyl (C=O) groups excluding carboxylic acids is 1. The Morgan fingerprint density at radius 1 is 1.33 bits per heavy atom. The van der Waals surface area contributed by atoms with Gasteiger partial charge in [-0.1, -0.05) is 26.0 Å². The van der Waals surface area contributed by atoms with Crippen molar-refractivity contribution in [3.05, 3.63) is 53.1 Å². The molecule has 3 nitrogen and oxygen atoms in total. The number of benzene rings is 1. The summed E-state index contributed by atoms with van der Waals surface area (Å²) in [5.74, 6) is -0.0460. The molecule has 4 heteroatoms. The summed E-state index contributed by atoms with van der Waals surface area (Å²) in [5, 5.41) is 4.39. The molecule has 0 spiro atoms. The Hall–Kier alpha value is -1.97. The Morgan fingerprint density at radius 2 is 2.00 bits per heavy atom. The number of aldehydes is 1. The van der Waals surface area contributed by atoms with Crippen LogP contribution in [0.2, 0.25) is 0 Å². The van der Waals surface area contributed by atoms with Crippen LogP contribution in [0.1, 0.15) is 41.4 Å². The molecule has 0 atom stereocenters. The summed E-state index contributed by atoms with van der Waals surface area (Å²) in [4.78, 5) is 10.9. The van der Waals surface area contributed by atoms with Crippen LogP contribution in [0.5, 0.6) is 0 Å². The molecule has 2 aromatic rings. The molecule has 0 unspecified atom stereocenters. The lowest BCUT2D eigenvalue weighted by molar-refractivity contribution is 0.112. The molecule has 0 N–H and O–H groups in total. The topological polar surface area (TPSA) is 34.9 Å². The molecule has 0 saturated carbocycles. The zero-order valence-electron chi connectivity index (χ0n) is 10.4. The third-order valence-electron chi connectivity index (χ3n) is 2.75. The first-order valence-electron chi connectivity index (χ1n) is 5.87. The average molecular weight is 246 g/mol. The van der Waals surface area contributed by atoms with Gasteiger partial charge in [0, 0.05) is 6.20 Å². The van der Waals surface area contributed by atoms with Gasteiger partial charge in [0.1, 0.15) is 5.82 Å². The predicted molar refractivity (Wildman–Crippen MR) is 67.2 cm³/mol. The lowest BCUT2D eigenvalue weighted by Gasteiger charge is -2.02. The van der Waals surface area contributed by atoms with Crippen LogP contribution in [-0.2, 0) is 6.54 Å². The molecule has 1 heterocycles. The lowest BCUT2D eigenvalue weighted by Crippen LogP contribution is -2.01. The molecule has 1 aromatic heterocycles. The quantitative estimate of drug-likeness (QED) is 0.777. The van der Waals surface area contributed by atoms with Crippen LogP contribution in [-0.4, -0.2) is 16.1 Å². The van der Waals surface area contributed by atoms with Gasteiger partial charge < -0.3 is 0 Å². The highest BCUT2D eigenvalue weighted by atomic mass is 19.1. The van der Waals surface area contributed by atoms with Gasteiger partial charge in [-0.15, -0.1) is 0 Å². The maximum Gasteiger partial charge on any atom is 0.153 e. The van der Waals surface area contributed by atoms with Gasteiger partial charge in [-0.3, -0.25) is 9.48 Å². The predicted octanol–water partition coefficient (Wildman–Crippen LogP) is 3.01. The molecule has 0 saturated heterocycles. The van der Waals surface area contributed by atoms with Crippen LogP contribution in [0.15, 0.2) is 30.5 Å². The van der Waals surface area contributed by atoms with E-state index in [-0.39, 0.29) is 11.7 Å². The monoisotopic (exact) mass is 246 g/mol. The zero-order chi connectivity index (χ0) is 13.1. The minimum absolute atomic E-state index is 0.208. The third kappa shape index (κ3) is 2.64. The van der Waals surface area contributed by atoms with E-state index >= 15 is 0 Å². The van der Waals surface area contributed by atoms with Crippen molar-refractivity contribution in [2.24, 2.45) is 0 Å². The van der Waals surface area contributed by atoms with Gasteiger partial charge in [0.2, 0.25) is 0 Å². The second-order valence-electron chi connectivity index (χ2n) is 4.57. The molecule has 0 radical (unpaired) electrons. The van der Waals surface area contributed by atoms with Crippen LogP contribution < -0.4 is 0 Å². The van der Waals surface area contributed by atoms with Gasteiger partial charge >= 0.3 is 0 Å². The SMILES string of the molecule is CC(C)c1nn(Cc2ccc(F)cc2)cc1C=O. The Kier molecular flexibility index (Phi) is 3.55. The van der Waals surface area contributed by atoms with Crippen LogP contribution in [0.4, 0.5) is 4.39 Å². The number of carbonyl (C=O) groups is 1. The molecular formula is C14H15FN2O. The van der Waals surface area contributed by atoms with Crippen LogP contribution in [0.25, 0.3) is 0 Å². The summed E-state index contributed by atoms with van der Waals surface area (Å²) in [6, 6.07) is 6.27. The first kappa shape index (κ1) is 12.5. The third-order valence-corrected chi connectivity index (χ3v) is 2.75. The van der Waals surface area contributed by atoms with E-state index < -0.39 is 0 Å². The summed E-state index contributed by atoms with van der Waals surface area (Å²) in [6.45, 7) is 4.53. The first-order valence-corrected chi connectivity index (χ1v) is 5.87. The summed E-state index contributed by atoms with van der Waals surface area (Å²) < 4.78 is 14.5. The van der Waals surface area contributed by atoms with Crippen LogP contribution in [0.3, 0.4) is 0 Å². The first-order chi connectivity index (χ1) is 8.60. The van der Waals surface area contributed by atoms with Crippen molar-refractivity contribution < 1.29 is 9.18 Å². The Bertz CT molecular complexity index is 543. The van der Waals surface area contributed by atoms with E-state index in [1.807, 2.05) is 13.8 Å². The number of hydrogen-bond acceptors (Lipinski definition) is 2. The largest absolute Gasteiger partial charge is 0.298 e. The molecule has 0 aliphatic carbocycles. The van der Waals surface area contributed by atoms with E-state index in [4.69, 9.17) is 0 Å². The maximum absolute atomic E-state index is 12.8. The van der Waals surface area contributed by atoms with Gasteiger partial charge in [-0.2, -0.15) is 5.10 Å². The van der Waals surface area contributed by atoms with E-state index in [9.17, 15) is 9.18 Å². The van der Waals surface area contributed by atoms with Crippen LogP contribution >= 0.6 is 0 Å². The number of aromatic nitrogens is 2. The second-order valence-corrected chi connectivity index (χ2v) is 4.57. The van der Waals surface area contributed by atoms with E-state index in [2.05, 4.69) is 5.10 Å². The average Bonchev–Trinajstić information content (AvgIpc) is 2.75. The smallest absolute Gasteiger partial charge is 0.153 e. The molecule has 0 aliphatic heterocycles. The van der Waals surface area contributed by atoms with Gasteiger partial charge in [0.05, 0.1) is 17.8 Å². The van der Waals surface area contributed by atoms with Gasteiger partial charge in [-0.25, -0.2) is 4.39 Å². The van der Waals surface area contributed by atoms with Crippen molar-refractivity contribution in [1.82, 2.24) is 9.78 Å². The van der Waals surface area contributed by atoms with Crippen LogP contribution in [0, 0.1) is 5.82 Å². The fourth-order valence-corrected chi connectivity index (χ4v) is 1.85. The molecule has 0 bridgehead atoms. The summed E-state index contributed by atoms with van der Waals surface area (Å²) >= 11 is 0. The van der Waals surface area contributed by atoms with Crippen molar-refractivity contribution in [2.45, 2.75) is 26.3 Å². The summed E-state index contributed by atoms with van der Waals surface area (Å²) in [6.07, 6.45) is 2.55. The number of hydrogen-bond donors (Lipinski definition) is 0. The highest BCUT2D eigenvalue weighted by Crippen LogP contribution is 2.16. The number of nitrogens with zero attached hydrogens (tertiary/aromatic N) is 2. The maximum atomic E-state index is 12.8. The number of rotatable bonds is 4.